The zero-order valence-electron chi connectivity index (χ0n) is 15.0. The third-order valence-electron chi connectivity index (χ3n) is 6.56. The van der Waals surface area contributed by atoms with Gasteiger partial charge in [-0.3, -0.25) is 9.69 Å². The van der Waals surface area contributed by atoms with Crippen molar-refractivity contribution in [3.05, 3.63) is 29.8 Å². The number of piperidine rings is 2. The van der Waals surface area contributed by atoms with Gasteiger partial charge in [-0.1, -0.05) is 0 Å². The second kappa shape index (κ2) is 6.34. The molecular formula is C20H25FN4O. The second-order valence-electron chi connectivity index (χ2n) is 8.20. The van der Waals surface area contributed by atoms with E-state index in [2.05, 4.69) is 14.9 Å². The van der Waals surface area contributed by atoms with E-state index in [-0.39, 0.29) is 11.7 Å². The first-order valence-electron chi connectivity index (χ1n) is 9.83. The maximum absolute atomic E-state index is 13.4. The van der Waals surface area contributed by atoms with Gasteiger partial charge in [-0.25, -0.2) is 9.37 Å². The van der Waals surface area contributed by atoms with E-state index in [1.165, 1.54) is 31.4 Å². The molecule has 0 unspecified atom stereocenters. The van der Waals surface area contributed by atoms with Gasteiger partial charge in [0.15, 0.2) is 0 Å². The van der Waals surface area contributed by atoms with Crippen molar-refractivity contribution in [2.75, 3.05) is 26.2 Å². The lowest BCUT2D eigenvalue weighted by atomic mass is 9.96. The Morgan fingerprint density at radius 1 is 1.23 bits per heavy atom. The van der Waals surface area contributed by atoms with Crippen molar-refractivity contribution in [1.82, 2.24) is 19.8 Å². The Kier molecular flexibility index (Phi) is 3.96. The smallest absolute Gasteiger partial charge is 0.236 e. The monoisotopic (exact) mass is 356 g/mol. The lowest BCUT2D eigenvalue weighted by Crippen LogP contribution is -2.45. The summed E-state index contributed by atoms with van der Waals surface area (Å²) >= 11 is 0. The number of imidazole rings is 1. The molecule has 0 radical (unpaired) electrons. The van der Waals surface area contributed by atoms with Gasteiger partial charge in [0.25, 0.3) is 0 Å². The summed E-state index contributed by atoms with van der Waals surface area (Å²) in [5.74, 6) is 2.11. The largest absolute Gasteiger partial charge is 0.342 e. The van der Waals surface area contributed by atoms with Crippen molar-refractivity contribution >= 4 is 16.9 Å². The van der Waals surface area contributed by atoms with Crippen molar-refractivity contribution in [2.24, 2.45) is 5.92 Å². The van der Waals surface area contributed by atoms with Crippen LogP contribution in [0.15, 0.2) is 18.2 Å². The van der Waals surface area contributed by atoms with Crippen LogP contribution in [0.5, 0.6) is 0 Å². The number of halogens is 1. The number of nitrogens with one attached hydrogen (secondary N) is 1. The minimum Gasteiger partial charge on any atom is -0.342 e. The fourth-order valence-electron chi connectivity index (χ4n) is 5.09. The zero-order chi connectivity index (χ0) is 17.7. The number of carbonyl (C=O) groups excluding carboxylic acids is 1. The summed E-state index contributed by atoms with van der Waals surface area (Å²) in [6, 6.07) is 5.30. The zero-order valence-corrected chi connectivity index (χ0v) is 15.0. The van der Waals surface area contributed by atoms with Crippen LogP contribution in [-0.2, 0) is 4.79 Å². The van der Waals surface area contributed by atoms with E-state index < -0.39 is 0 Å². The number of hydrogen-bond donors (Lipinski definition) is 1. The molecule has 26 heavy (non-hydrogen) atoms. The Labute approximate surface area is 152 Å². The number of nitrogens with zero attached hydrogens (tertiary/aromatic N) is 3. The highest BCUT2D eigenvalue weighted by Gasteiger charge is 2.39. The summed E-state index contributed by atoms with van der Waals surface area (Å²) in [7, 11) is 0. The molecule has 3 heterocycles. The number of aromatic nitrogens is 2. The van der Waals surface area contributed by atoms with Crippen LogP contribution >= 0.6 is 0 Å². The summed E-state index contributed by atoms with van der Waals surface area (Å²) in [4.78, 5) is 25.0. The lowest BCUT2D eigenvalue weighted by Gasteiger charge is -2.34. The van der Waals surface area contributed by atoms with E-state index in [1.807, 2.05) is 4.90 Å². The summed E-state index contributed by atoms with van der Waals surface area (Å²) in [6.07, 6.45) is 5.75. The molecule has 1 aromatic carbocycles. The number of H-pyrrole nitrogens is 1. The van der Waals surface area contributed by atoms with Crippen LogP contribution in [0.1, 0.15) is 43.8 Å². The van der Waals surface area contributed by atoms with Crippen molar-refractivity contribution in [3.8, 4) is 0 Å². The molecule has 5 rings (SSSR count). The Morgan fingerprint density at radius 3 is 2.81 bits per heavy atom. The average Bonchev–Trinajstić information content (AvgIpc) is 3.36. The summed E-state index contributed by atoms with van der Waals surface area (Å²) in [6.45, 7) is 3.28. The average molecular weight is 356 g/mol. The predicted octanol–water partition coefficient (Wildman–Crippen LogP) is 2.89. The maximum Gasteiger partial charge on any atom is 0.236 e. The van der Waals surface area contributed by atoms with E-state index in [1.54, 1.807) is 6.07 Å². The summed E-state index contributed by atoms with van der Waals surface area (Å²) in [5.41, 5.74) is 1.56. The molecule has 0 spiro atoms. The Hall–Kier alpha value is -1.95. The van der Waals surface area contributed by atoms with E-state index in [0.29, 0.717) is 18.5 Å². The predicted molar refractivity (Wildman–Crippen MR) is 97.3 cm³/mol. The van der Waals surface area contributed by atoms with Gasteiger partial charge in [0.1, 0.15) is 11.6 Å². The quantitative estimate of drug-likeness (QED) is 0.920. The first kappa shape index (κ1) is 16.2. The number of benzene rings is 1. The van der Waals surface area contributed by atoms with E-state index in [9.17, 15) is 9.18 Å². The number of amides is 1. The minimum atomic E-state index is -0.247. The fraction of sp³-hybridized carbons (Fsp3) is 0.600. The molecule has 6 heteroatoms. The minimum absolute atomic E-state index is 0.247. The lowest BCUT2D eigenvalue weighted by molar-refractivity contribution is -0.133. The van der Waals surface area contributed by atoms with Crippen molar-refractivity contribution in [2.45, 2.75) is 44.1 Å². The highest BCUT2D eigenvalue weighted by atomic mass is 19.1. The molecule has 2 bridgehead atoms. The summed E-state index contributed by atoms with van der Waals surface area (Å²) in [5, 5.41) is 0. The van der Waals surface area contributed by atoms with Crippen LogP contribution in [0.25, 0.3) is 11.0 Å². The van der Waals surface area contributed by atoms with Crippen LogP contribution < -0.4 is 0 Å². The molecule has 138 valence electrons. The number of carbonyl (C=O) groups is 1. The van der Waals surface area contributed by atoms with Gasteiger partial charge < -0.3 is 9.88 Å². The van der Waals surface area contributed by atoms with Gasteiger partial charge in [-0.2, -0.15) is 0 Å². The molecule has 1 amide bonds. The van der Waals surface area contributed by atoms with Gasteiger partial charge in [-0.05, 0) is 56.2 Å². The molecular weight excluding hydrogens is 331 g/mol. The van der Waals surface area contributed by atoms with Crippen LogP contribution in [0, 0.1) is 11.7 Å². The van der Waals surface area contributed by atoms with Crippen molar-refractivity contribution in [3.63, 3.8) is 0 Å². The van der Waals surface area contributed by atoms with Gasteiger partial charge >= 0.3 is 0 Å². The second-order valence-corrected chi connectivity index (χ2v) is 8.20. The van der Waals surface area contributed by atoms with Gasteiger partial charge in [0.05, 0.1) is 17.6 Å². The number of likely N-dealkylation sites (tertiary alicyclic amines) is 2. The number of hydrogen-bond acceptors (Lipinski definition) is 3. The first-order chi connectivity index (χ1) is 12.7. The maximum atomic E-state index is 13.4. The Morgan fingerprint density at radius 2 is 2.08 bits per heavy atom. The highest BCUT2D eigenvalue weighted by molar-refractivity contribution is 5.78. The van der Waals surface area contributed by atoms with E-state index in [4.69, 9.17) is 0 Å². The van der Waals surface area contributed by atoms with Crippen LogP contribution in [0.3, 0.4) is 0 Å². The van der Waals surface area contributed by atoms with Crippen molar-refractivity contribution in [1.29, 1.82) is 0 Å². The standard InChI is InChI=1S/C20H25FN4O/c21-15-2-4-17-18(10-15)23-20(22-17)14-5-7-24(8-6-14)19(26)12-25-11-13-1-3-16(25)9-13/h2,4,10,13-14,16H,1,3,5-9,11-12H2,(H,22,23)/t13-,16+/m0/s1. The molecule has 2 saturated heterocycles. The molecule has 5 nitrogen and oxygen atoms in total. The molecule has 1 saturated carbocycles. The van der Waals surface area contributed by atoms with Crippen LogP contribution in [-0.4, -0.2) is 57.9 Å². The van der Waals surface area contributed by atoms with Crippen LogP contribution in [0.2, 0.25) is 0 Å². The Balaban J connectivity index is 1.19. The third kappa shape index (κ3) is 2.90. The van der Waals surface area contributed by atoms with E-state index >= 15 is 0 Å². The van der Waals surface area contributed by atoms with Gasteiger partial charge in [0, 0.05) is 31.6 Å². The first-order valence-corrected chi connectivity index (χ1v) is 9.83. The number of aromatic amines is 1. The fourth-order valence-corrected chi connectivity index (χ4v) is 5.09. The summed E-state index contributed by atoms with van der Waals surface area (Å²) < 4.78 is 13.4. The number of rotatable bonds is 3. The van der Waals surface area contributed by atoms with Crippen molar-refractivity contribution < 1.29 is 9.18 Å². The normalized spacial score (nSPS) is 26.9. The number of fused-ring (bicyclic) bond motifs is 3. The topological polar surface area (TPSA) is 52.2 Å². The highest BCUT2D eigenvalue weighted by Crippen LogP contribution is 2.37. The molecule has 1 N–H and O–H groups in total. The van der Waals surface area contributed by atoms with Gasteiger partial charge in [0.2, 0.25) is 5.91 Å². The molecule has 3 fully saturated rings. The third-order valence-corrected chi connectivity index (χ3v) is 6.56. The molecule has 2 atom stereocenters. The molecule has 1 aromatic heterocycles. The van der Waals surface area contributed by atoms with Gasteiger partial charge in [-0.15, -0.1) is 0 Å². The van der Waals surface area contributed by atoms with Crippen LogP contribution in [0.4, 0.5) is 4.39 Å². The molecule has 2 aliphatic heterocycles. The Bertz CT molecular complexity index is 826. The molecule has 3 aliphatic rings. The van der Waals surface area contributed by atoms with E-state index in [0.717, 1.165) is 55.3 Å². The molecule has 1 aliphatic carbocycles. The SMILES string of the molecule is O=C(CN1C[C@H]2CC[C@@H]1C2)N1CCC(c2nc3ccc(F)cc3[nH]2)CC1. The molecule has 2 aromatic rings.